The summed E-state index contributed by atoms with van der Waals surface area (Å²) < 4.78 is 34.5. The summed E-state index contributed by atoms with van der Waals surface area (Å²) in [6, 6.07) is 22.9. The van der Waals surface area contributed by atoms with Gasteiger partial charge in [-0.15, -0.1) is 0 Å². The Labute approximate surface area is 209 Å². The zero-order chi connectivity index (χ0) is 23.8. The number of hydrogen-bond donors (Lipinski definition) is 1. The summed E-state index contributed by atoms with van der Waals surface area (Å²) in [5.41, 5.74) is 1.53. The van der Waals surface area contributed by atoms with E-state index >= 15 is 0 Å². The Morgan fingerprint density at radius 1 is 0.970 bits per heavy atom. The lowest BCUT2D eigenvalue weighted by molar-refractivity contribution is -0.119. The normalized spacial score (nSPS) is 11.3. The molecule has 0 radical (unpaired) electrons. The number of carbonyl (C=O) groups excluding carboxylic acids is 1. The Kier molecular flexibility index (Phi) is 8.74. The van der Waals surface area contributed by atoms with Crippen LogP contribution in [-0.4, -0.2) is 34.0 Å². The zero-order valence-electron chi connectivity index (χ0n) is 18.6. The highest BCUT2D eigenvalue weighted by molar-refractivity contribution is 14.1. The van der Waals surface area contributed by atoms with Crippen molar-refractivity contribution in [3.63, 3.8) is 0 Å². The van der Waals surface area contributed by atoms with Crippen LogP contribution in [0.1, 0.15) is 25.3 Å². The van der Waals surface area contributed by atoms with E-state index in [1.54, 1.807) is 42.5 Å². The van der Waals surface area contributed by atoms with Crippen molar-refractivity contribution in [2.24, 2.45) is 0 Å². The number of amides is 1. The Hall–Kier alpha value is -2.59. The molecule has 6 nitrogen and oxygen atoms in total. The monoisotopic (exact) mass is 578 g/mol. The third-order valence-electron chi connectivity index (χ3n) is 4.96. The molecule has 0 spiro atoms. The number of anilines is 1. The van der Waals surface area contributed by atoms with Gasteiger partial charge < -0.3 is 10.1 Å². The number of nitrogens with zero attached hydrogens (tertiary/aromatic N) is 1. The van der Waals surface area contributed by atoms with Crippen LogP contribution < -0.4 is 14.4 Å². The first kappa shape index (κ1) is 25.0. The fourth-order valence-corrected chi connectivity index (χ4v) is 5.07. The third-order valence-corrected chi connectivity index (χ3v) is 7.46. The molecule has 0 bridgehead atoms. The number of carbonyl (C=O) groups is 1. The molecule has 3 aromatic rings. The average Bonchev–Trinajstić information content (AvgIpc) is 2.81. The second-order valence-corrected chi connectivity index (χ2v) is 10.8. The van der Waals surface area contributed by atoms with E-state index in [2.05, 4.69) is 41.8 Å². The van der Waals surface area contributed by atoms with Crippen LogP contribution in [0.15, 0.2) is 83.8 Å². The third kappa shape index (κ3) is 6.70. The second kappa shape index (κ2) is 11.5. The molecule has 8 heteroatoms. The molecule has 3 rings (SSSR count). The molecule has 0 saturated carbocycles. The van der Waals surface area contributed by atoms with Gasteiger partial charge in [0.25, 0.3) is 10.0 Å². The minimum atomic E-state index is -3.91. The maximum atomic E-state index is 13.3. The van der Waals surface area contributed by atoms with E-state index in [-0.39, 0.29) is 24.6 Å². The molecule has 33 heavy (non-hydrogen) atoms. The summed E-state index contributed by atoms with van der Waals surface area (Å²) in [4.78, 5) is 12.8. The van der Waals surface area contributed by atoms with Crippen molar-refractivity contribution in [1.29, 1.82) is 0 Å². The predicted octanol–water partition coefficient (Wildman–Crippen LogP) is 4.81. The molecular weight excluding hydrogens is 551 g/mol. The maximum absolute atomic E-state index is 13.3. The van der Waals surface area contributed by atoms with Gasteiger partial charge >= 0.3 is 0 Å². The molecule has 0 unspecified atom stereocenters. The maximum Gasteiger partial charge on any atom is 0.264 e. The van der Waals surface area contributed by atoms with Gasteiger partial charge in [-0.1, -0.05) is 50.2 Å². The van der Waals surface area contributed by atoms with Crippen molar-refractivity contribution in [2.75, 3.05) is 24.0 Å². The largest absolute Gasteiger partial charge is 0.491 e. The molecule has 0 fully saturated rings. The van der Waals surface area contributed by atoms with Gasteiger partial charge in [0.15, 0.2) is 0 Å². The van der Waals surface area contributed by atoms with Gasteiger partial charge in [0.1, 0.15) is 18.9 Å². The smallest absolute Gasteiger partial charge is 0.264 e. The highest BCUT2D eigenvalue weighted by atomic mass is 127. The topological polar surface area (TPSA) is 75.7 Å². The van der Waals surface area contributed by atoms with E-state index in [1.807, 2.05) is 24.3 Å². The van der Waals surface area contributed by atoms with Gasteiger partial charge in [0, 0.05) is 3.57 Å². The Balaban J connectivity index is 1.68. The van der Waals surface area contributed by atoms with E-state index in [0.29, 0.717) is 11.6 Å². The number of sulfonamides is 1. The van der Waals surface area contributed by atoms with Crippen LogP contribution >= 0.6 is 22.6 Å². The summed E-state index contributed by atoms with van der Waals surface area (Å²) in [5.74, 6) is 0.698. The minimum absolute atomic E-state index is 0.130. The molecule has 0 aliphatic heterocycles. The minimum Gasteiger partial charge on any atom is -0.491 e. The van der Waals surface area contributed by atoms with Gasteiger partial charge in [-0.25, -0.2) is 8.42 Å². The number of benzene rings is 3. The Morgan fingerprint density at radius 2 is 1.61 bits per heavy atom. The lowest BCUT2D eigenvalue weighted by atomic mass is 10.0. The molecule has 1 N–H and O–H groups in total. The van der Waals surface area contributed by atoms with E-state index in [0.717, 1.165) is 19.2 Å². The van der Waals surface area contributed by atoms with Gasteiger partial charge in [-0.3, -0.25) is 9.10 Å². The Bertz CT molecular complexity index is 1170. The van der Waals surface area contributed by atoms with Crippen molar-refractivity contribution in [2.45, 2.75) is 24.7 Å². The van der Waals surface area contributed by atoms with Crippen molar-refractivity contribution in [3.8, 4) is 5.75 Å². The first-order valence-corrected chi connectivity index (χ1v) is 13.1. The van der Waals surface area contributed by atoms with Gasteiger partial charge in [-0.05, 0) is 76.5 Å². The molecule has 0 atom stereocenters. The summed E-state index contributed by atoms with van der Waals surface area (Å²) >= 11 is 2.15. The molecule has 0 saturated heterocycles. The van der Waals surface area contributed by atoms with Crippen LogP contribution in [0.2, 0.25) is 0 Å². The molecule has 174 valence electrons. The molecule has 0 aromatic heterocycles. The van der Waals surface area contributed by atoms with Crippen LogP contribution in [0.4, 0.5) is 5.69 Å². The van der Waals surface area contributed by atoms with Gasteiger partial charge in [-0.2, -0.15) is 0 Å². The summed E-state index contributed by atoms with van der Waals surface area (Å²) in [6.45, 7) is 4.40. The first-order chi connectivity index (χ1) is 15.8. The summed E-state index contributed by atoms with van der Waals surface area (Å²) in [7, 11) is -3.91. The number of nitrogens with one attached hydrogen (secondary N) is 1. The second-order valence-electron chi connectivity index (χ2n) is 7.69. The van der Waals surface area contributed by atoms with Crippen molar-refractivity contribution >= 4 is 44.2 Å². The number of ether oxygens (including phenoxy) is 1. The van der Waals surface area contributed by atoms with Crippen molar-refractivity contribution in [1.82, 2.24) is 5.32 Å². The van der Waals surface area contributed by atoms with Crippen LogP contribution in [0.5, 0.6) is 5.75 Å². The Morgan fingerprint density at radius 3 is 2.27 bits per heavy atom. The lowest BCUT2D eigenvalue weighted by Gasteiger charge is -2.24. The van der Waals surface area contributed by atoms with E-state index < -0.39 is 15.9 Å². The van der Waals surface area contributed by atoms with Crippen LogP contribution in [0.25, 0.3) is 0 Å². The number of halogens is 1. The number of hydrogen-bond acceptors (Lipinski definition) is 4. The zero-order valence-corrected chi connectivity index (χ0v) is 21.5. The first-order valence-electron chi connectivity index (χ1n) is 10.6. The number of rotatable bonds is 10. The van der Waals surface area contributed by atoms with E-state index in [4.69, 9.17) is 4.74 Å². The molecule has 1 amide bonds. The fourth-order valence-electron chi connectivity index (χ4n) is 3.27. The molecule has 0 aliphatic rings. The highest BCUT2D eigenvalue weighted by Crippen LogP contribution is 2.26. The SMILES string of the molecule is CC(C)c1ccccc1OCCNC(=O)CN(c1ccc(I)cc1)S(=O)(=O)c1ccccc1. The van der Waals surface area contributed by atoms with Crippen LogP contribution in [0.3, 0.4) is 0 Å². The van der Waals surface area contributed by atoms with E-state index in [1.165, 1.54) is 12.1 Å². The van der Waals surface area contributed by atoms with Crippen LogP contribution in [-0.2, 0) is 14.8 Å². The molecular formula is C25H27IN2O4S. The van der Waals surface area contributed by atoms with Gasteiger partial charge in [0.05, 0.1) is 17.1 Å². The predicted molar refractivity (Wildman–Crippen MR) is 139 cm³/mol. The quantitative estimate of drug-likeness (QED) is 0.277. The molecule has 0 aliphatic carbocycles. The van der Waals surface area contributed by atoms with Crippen molar-refractivity contribution < 1.29 is 17.9 Å². The fraction of sp³-hybridized carbons (Fsp3) is 0.240. The van der Waals surface area contributed by atoms with E-state index in [9.17, 15) is 13.2 Å². The summed E-state index contributed by atoms with van der Waals surface area (Å²) in [6.07, 6.45) is 0. The number of para-hydroxylation sites is 1. The summed E-state index contributed by atoms with van der Waals surface area (Å²) in [5, 5.41) is 2.77. The van der Waals surface area contributed by atoms with Crippen molar-refractivity contribution in [3.05, 3.63) is 88.0 Å². The van der Waals surface area contributed by atoms with Crippen LogP contribution in [0, 0.1) is 3.57 Å². The van der Waals surface area contributed by atoms with Gasteiger partial charge in [0.2, 0.25) is 5.91 Å². The molecule has 3 aromatic carbocycles. The highest BCUT2D eigenvalue weighted by Gasteiger charge is 2.27. The average molecular weight is 578 g/mol. The standard InChI is InChI=1S/C25H27IN2O4S/c1-19(2)23-10-6-7-11-24(23)32-17-16-27-25(29)18-28(21-14-12-20(26)13-15-21)33(30,31)22-8-4-3-5-9-22/h3-15,19H,16-18H2,1-2H3,(H,27,29). The molecule has 0 heterocycles. The lowest BCUT2D eigenvalue weighted by Crippen LogP contribution is -2.41.